The average molecular weight is 273 g/mol. The lowest BCUT2D eigenvalue weighted by atomic mass is 10.1. The van der Waals surface area contributed by atoms with E-state index in [1.165, 1.54) is 12.1 Å². The van der Waals surface area contributed by atoms with Crippen LogP contribution in [0.3, 0.4) is 0 Å². The number of halogens is 1. The van der Waals surface area contributed by atoms with Gasteiger partial charge in [0.25, 0.3) is 5.91 Å². The summed E-state index contributed by atoms with van der Waals surface area (Å²) in [5.41, 5.74) is 1.15. The first-order valence-electron chi connectivity index (χ1n) is 6.46. The minimum Gasteiger partial charge on any atom is -0.382 e. The van der Waals surface area contributed by atoms with Gasteiger partial charge in [-0.25, -0.2) is 4.39 Å². The van der Waals surface area contributed by atoms with Gasteiger partial charge >= 0.3 is 0 Å². The van der Waals surface area contributed by atoms with Crippen molar-refractivity contribution >= 4 is 17.3 Å². The molecule has 20 heavy (non-hydrogen) atoms. The van der Waals surface area contributed by atoms with E-state index in [4.69, 9.17) is 0 Å². The van der Waals surface area contributed by atoms with Gasteiger partial charge in [-0.05, 0) is 30.7 Å². The second-order valence-corrected chi connectivity index (χ2v) is 4.28. The molecule has 0 aliphatic carbocycles. The number of hydrogen-bond donors (Lipinski definition) is 2. The smallest absolute Gasteiger partial charge is 0.257 e. The Balaban J connectivity index is 2.23. The van der Waals surface area contributed by atoms with Crippen molar-refractivity contribution in [1.29, 1.82) is 0 Å². The van der Waals surface area contributed by atoms with Gasteiger partial charge in [-0.3, -0.25) is 9.78 Å². The lowest BCUT2D eigenvalue weighted by molar-refractivity contribution is 0.102. The van der Waals surface area contributed by atoms with Crippen LogP contribution in [0.1, 0.15) is 23.7 Å². The molecule has 0 aliphatic rings. The normalized spacial score (nSPS) is 10.1. The first kappa shape index (κ1) is 14.0. The average Bonchev–Trinajstić information content (AvgIpc) is 2.47. The van der Waals surface area contributed by atoms with E-state index in [1.54, 1.807) is 30.6 Å². The maximum absolute atomic E-state index is 13.8. The predicted molar refractivity (Wildman–Crippen MR) is 77.4 cm³/mol. The van der Waals surface area contributed by atoms with Crippen LogP contribution in [0.2, 0.25) is 0 Å². The first-order valence-corrected chi connectivity index (χ1v) is 6.46. The fourth-order valence-electron chi connectivity index (χ4n) is 1.78. The number of pyridine rings is 1. The number of rotatable bonds is 5. The van der Waals surface area contributed by atoms with E-state index < -0.39 is 5.82 Å². The zero-order chi connectivity index (χ0) is 14.4. The summed E-state index contributed by atoms with van der Waals surface area (Å²) in [7, 11) is 0. The van der Waals surface area contributed by atoms with Crippen molar-refractivity contribution in [3.8, 4) is 0 Å². The topological polar surface area (TPSA) is 54.0 Å². The Morgan fingerprint density at radius 3 is 2.70 bits per heavy atom. The van der Waals surface area contributed by atoms with Crippen LogP contribution in [0, 0.1) is 5.82 Å². The standard InChI is InChI=1S/C15H16FN3O/c1-2-8-18-14-12(4-3-5-13(14)16)15(20)19-11-6-9-17-10-7-11/h3-7,9-10,18H,2,8H2,1H3,(H,17,19,20). The molecule has 2 N–H and O–H groups in total. The van der Waals surface area contributed by atoms with E-state index in [1.807, 2.05) is 6.92 Å². The molecule has 0 atom stereocenters. The first-order chi connectivity index (χ1) is 9.72. The molecule has 0 unspecified atom stereocenters. The predicted octanol–water partition coefficient (Wildman–Crippen LogP) is 3.29. The summed E-state index contributed by atoms with van der Waals surface area (Å²) in [5, 5.41) is 5.67. The molecule has 2 aromatic rings. The number of carbonyl (C=O) groups is 1. The van der Waals surface area contributed by atoms with E-state index in [2.05, 4.69) is 15.6 Å². The Morgan fingerprint density at radius 2 is 2.00 bits per heavy atom. The second-order valence-electron chi connectivity index (χ2n) is 4.28. The van der Waals surface area contributed by atoms with Crippen molar-refractivity contribution in [1.82, 2.24) is 4.98 Å². The molecule has 0 saturated heterocycles. The molecule has 0 aliphatic heterocycles. The highest BCUT2D eigenvalue weighted by Crippen LogP contribution is 2.21. The lowest BCUT2D eigenvalue weighted by Gasteiger charge is -2.12. The van der Waals surface area contributed by atoms with Crippen molar-refractivity contribution in [2.45, 2.75) is 13.3 Å². The summed E-state index contributed by atoms with van der Waals surface area (Å²) < 4.78 is 13.8. The Kier molecular flexibility index (Phi) is 4.65. The number of anilines is 2. The highest BCUT2D eigenvalue weighted by atomic mass is 19.1. The highest BCUT2D eigenvalue weighted by Gasteiger charge is 2.14. The summed E-state index contributed by atoms with van der Waals surface area (Å²) in [4.78, 5) is 16.1. The minimum atomic E-state index is -0.430. The van der Waals surface area contributed by atoms with Gasteiger partial charge in [-0.2, -0.15) is 0 Å². The van der Waals surface area contributed by atoms with Crippen LogP contribution in [0.4, 0.5) is 15.8 Å². The summed E-state index contributed by atoms with van der Waals surface area (Å²) in [5.74, 6) is -0.782. The Labute approximate surface area is 117 Å². The lowest BCUT2D eigenvalue weighted by Crippen LogP contribution is -2.16. The molecule has 0 saturated carbocycles. The molecule has 0 spiro atoms. The number of hydrogen-bond acceptors (Lipinski definition) is 3. The molecule has 0 bridgehead atoms. The van der Waals surface area contributed by atoms with Crippen LogP contribution < -0.4 is 10.6 Å². The van der Waals surface area contributed by atoms with Gasteiger partial charge in [0.05, 0.1) is 11.3 Å². The van der Waals surface area contributed by atoms with Gasteiger partial charge in [0.1, 0.15) is 5.82 Å². The van der Waals surface area contributed by atoms with Crippen LogP contribution in [-0.4, -0.2) is 17.4 Å². The molecule has 1 aromatic heterocycles. The number of para-hydroxylation sites is 1. The number of amides is 1. The molecule has 1 heterocycles. The van der Waals surface area contributed by atoms with Crippen LogP contribution >= 0.6 is 0 Å². The van der Waals surface area contributed by atoms with E-state index >= 15 is 0 Å². The van der Waals surface area contributed by atoms with Gasteiger partial charge in [0.15, 0.2) is 0 Å². The third-order valence-electron chi connectivity index (χ3n) is 2.75. The van der Waals surface area contributed by atoms with Crippen molar-refractivity contribution in [3.63, 3.8) is 0 Å². The van der Waals surface area contributed by atoms with Crippen molar-refractivity contribution in [3.05, 3.63) is 54.1 Å². The van der Waals surface area contributed by atoms with Crippen LogP contribution in [0.25, 0.3) is 0 Å². The Hall–Kier alpha value is -2.43. The Morgan fingerprint density at radius 1 is 1.25 bits per heavy atom. The van der Waals surface area contributed by atoms with Crippen LogP contribution in [0.5, 0.6) is 0 Å². The van der Waals surface area contributed by atoms with Gasteiger partial charge in [-0.1, -0.05) is 13.0 Å². The molecule has 1 amide bonds. The number of aromatic nitrogens is 1. The molecule has 4 nitrogen and oxygen atoms in total. The SMILES string of the molecule is CCCNc1c(F)cccc1C(=O)Nc1ccncc1. The van der Waals surface area contributed by atoms with E-state index in [0.717, 1.165) is 6.42 Å². The molecule has 0 radical (unpaired) electrons. The minimum absolute atomic E-state index is 0.237. The molecular formula is C15H16FN3O. The van der Waals surface area contributed by atoms with Crippen molar-refractivity contribution < 1.29 is 9.18 Å². The third-order valence-corrected chi connectivity index (χ3v) is 2.75. The molecule has 104 valence electrons. The zero-order valence-electron chi connectivity index (χ0n) is 11.2. The van der Waals surface area contributed by atoms with Gasteiger partial charge in [-0.15, -0.1) is 0 Å². The Bertz CT molecular complexity index is 587. The summed E-state index contributed by atoms with van der Waals surface area (Å²) >= 11 is 0. The third kappa shape index (κ3) is 3.32. The summed E-state index contributed by atoms with van der Waals surface area (Å²) in [6, 6.07) is 7.80. The van der Waals surface area contributed by atoms with E-state index in [9.17, 15) is 9.18 Å². The van der Waals surface area contributed by atoms with Crippen LogP contribution in [0.15, 0.2) is 42.7 Å². The van der Waals surface area contributed by atoms with E-state index in [0.29, 0.717) is 12.2 Å². The molecule has 5 heteroatoms. The molecule has 2 rings (SSSR count). The molecular weight excluding hydrogens is 257 g/mol. The maximum atomic E-state index is 13.8. The number of carbonyl (C=O) groups excluding carboxylic acids is 1. The second kappa shape index (κ2) is 6.65. The highest BCUT2D eigenvalue weighted by molar-refractivity contribution is 6.08. The molecule has 0 fully saturated rings. The summed E-state index contributed by atoms with van der Waals surface area (Å²) in [6.07, 6.45) is 4.01. The summed E-state index contributed by atoms with van der Waals surface area (Å²) in [6.45, 7) is 2.58. The largest absolute Gasteiger partial charge is 0.382 e. The van der Waals surface area contributed by atoms with Gasteiger partial charge < -0.3 is 10.6 Å². The number of nitrogens with one attached hydrogen (secondary N) is 2. The quantitative estimate of drug-likeness (QED) is 0.879. The maximum Gasteiger partial charge on any atom is 0.257 e. The molecule has 1 aromatic carbocycles. The van der Waals surface area contributed by atoms with Gasteiger partial charge in [0, 0.05) is 24.6 Å². The fourth-order valence-corrected chi connectivity index (χ4v) is 1.78. The zero-order valence-corrected chi connectivity index (χ0v) is 11.2. The fraction of sp³-hybridized carbons (Fsp3) is 0.200. The van der Waals surface area contributed by atoms with Crippen LogP contribution in [-0.2, 0) is 0 Å². The monoisotopic (exact) mass is 273 g/mol. The van der Waals surface area contributed by atoms with Gasteiger partial charge in [0.2, 0.25) is 0 Å². The van der Waals surface area contributed by atoms with E-state index in [-0.39, 0.29) is 17.2 Å². The number of benzene rings is 1. The van der Waals surface area contributed by atoms with Crippen molar-refractivity contribution in [2.24, 2.45) is 0 Å². The number of nitrogens with zero attached hydrogens (tertiary/aromatic N) is 1. The van der Waals surface area contributed by atoms with Crippen molar-refractivity contribution in [2.75, 3.05) is 17.2 Å².